The monoisotopic (exact) mass is 379 g/mol. The number of pyridine rings is 1. The van der Waals surface area contributed by atoms with E-state index in [-0.39, 0.29) is 4.90 Å². The number of nitrogens with one attached hydrogen (secondary N) is 2. The number of ether oxygens (including phenoxy) is 1. The highest BCUT2D eigenvalue weighted by molar-refractivity contribution is 9.10. The highest BCUT2D eigenvalue weighted by atomic mass is 79.9. The number of sulfonamides is 1. The third kappa shape index (κ3) is 6.29. The van der Waals surface area contributed by atoms with E-state index in [1.165, 1.54) is 0 Å². The van der Waals surface area contributed by atoms with Crippen LogP contribution >= 0.6 is 15.9 Å². The summed E-state index contributed by atoms with van der Waals surface area (Å²) in [7, 11) is -3.59. The van der Waals surface area contributed by atoms with Gasteiger partial charge in [0.2, 0.25) is 10.0 Å². The van der Waals surface area contributed by atoms with Gasteiger partial charge in [0.05, 0.1) is 0 Å². The maximum atomic E-state index is 12.3. The second kappa shape index (κ2) is 9.34. The molecule has 0 amide bonds. The average Bonchev–Trinajstić information content (AvgIpc) is 2.45. The number of halogens is 1. The number of hydrogen-bond donors (Lipinski definition) is 2. The number of nitrogens with zero attached hydrogens (tertiary/aromatic N) is 1. The third-order valence-corrected chi connectivity index (χ3v) is 4.52. The fourth-order valence-electron chi connectivity index (χ4n) is 1.60. The first kappa shape index (κ1) is 18.3. The molecule has 0 aliphatic heterocycles. The van der Waals surface area contributed by atoms with Crippen molar-refractivity contribution < 1.29 is 13.2 Å². The Balaban J connectivity index is 2.78. The van der Waals surface area contributed by atoms with E-state index in [2.05, 4.69) is 31.0 Å². The number of anilines is 1. The largest absolute Gasteiger partial charge is 0.382 e. The predicted octanol–water partition coefficient (Wildman–Crippen LogP) is 2.37. The molecule has 0 spiro atoms. The van der Waals surface area contributed by atoms with Crippen LogP contribution in [0.5, 0.6) is 0 Å². The molecule has 8 heteroatoms. The molecule has 0 aliphatic carbocycles. The first-order chi connectivity index (χ1) is 10.0. The van der Waals surface area contributed by atoms with Crippen molar-refractivity contribution in [3.63, 3.8) is 0 Å². The molecular weight excluding hydrogens is 358 g/mol. The number of rotatable bonds is 10. The van der Waals surface area contributed by atoms with Gasteiger partial charge in [0.25, 0.3) is 0 Å². The van der Waals surface area contributed by atoms with Gasteiger partial charge in [-0.25, -0.2) is 18.1 Å². The highest BCUT2D eigenvalue weighted by Crippen LogP contribution is 2.22. The van der Waals surface area contributed by atoms with E-state index in [1.54, 1.807) is 12.3 Å². The summed E-state index contributed by atoms with van der Waals surface area (Å²) in [6.07, 6.45) is 3.09. The summed E-state index contributed by atoms with van der Waals surface area (Å²) in [5, 5.41) is 3.03. The fourth-order valence-corrected chi connectivity index (χ4v) is 3.32. The zero-order valence-corrected chi connectivity index (χ0v) is 14.8. The topological polar surface area (TPSA) is 80.3 Å². The molecule has 0 fully saturated rings. The molecule has 0 aliphatic rings. The highest BCUT2D eigenvalue weighted by Gasteiger charge is 2.19. The van der Waals surface area contributed by atoms with Gasteiger partial charge in [-0.3, -0.25) is 0 Å². The second-order valence-electron chi connectivity index (χ2n) is 4.38. The zero-order valence-electron chi connectivity index (χ0n) is 12.4. The molecule has 1 aromatic heterocycles. The molecule has 6 nitrogen and oxygen atoms in total. The lowest BCUT2D eigenvalue weighted by atomic mass is 10.4. The van der Waals surface area contributed by atoms with Crippen molar-refractivity contribution in [2.75, 3.05) is 31.6 Å². The molecule has 0 saturated heterocycles. The van der Waals surface area contributed by atoms with Crippen molar-refractivity contribution in [2.24, 2.45) is 0 Å². The molecule has 0 aromatic carbocycles. The maximum absolute atomic E-state index is 12.3. The number of aromatic nitrogens is 1. The summed E-state index contributed by atoms with van der Waals surface area (Å²) >= 11 is 3.26. The molecule has 2 N–H and O–H groups in total. The summed E-state index contributed by atoms with van der Waals surface area (Å²) < 4.78 is 33.1. The van der Waals surface area contributed by atoms with Crippen LogP contribution in [0.1, 0.15) is 26.7 Å². The van der Waals surface area contributed by atoms with Gasteiger partial charge in [0.1, 0.15) is 10.7 Å². The molecule has 0 radical (unpaired) electrons. The molecule has 21 heavy (non-hydrogen) atoms. The zero-order chi connectivity index (χ0) is 15.7. The molecule has 1 aromatic rings. The molecule has 0 unspecified atom stereocenters. The Morgan fingerprint density at radius 1 is 1.33 bits per heavy atom. The maximum Gasteiger partial charge on any atom is 0.244 e. The van der Waals surface area contributed by atoms with Gasteiger partial charge in [-0.15, -0.1) is 0 Å². The van der Waals surface area contributed by atoms with Gasteiger partial charge >= 0.3 is 0 Å². The van der Waals surface area contributed by atoms with Crippen molar-refractivity contribution in [3.8, 4) is 0 Å². The summed E-state index contributed by atoms with van der Waals surface area (Å²) in [6, 6.07) is 1.55. The van der Waals surface area contributed by atoms with E-state index in [9.17, 15) is 8.42 Å². The van der Waals surface area contributed by atoms with E-state index >= 15 is 0 Å². The minimum Gasteiger partial charge on any atom is -0.382 e. The molecule has 0 bridgehead atoms. The molecule has 0 atom stereocenters. The molecule has 1 rings (SSSR count). The van der Waals surface area contributed by atoms with Crippen molar-refractivity contribution >= 4 is 31.8 Å². The minimum atomic E-state index is -3.59. The average molecular weight is 380 g/mol. The molecule has 120 valence electrons. The van der Waals surface area contributed by atoms with Gasteiger partial charge < -0.3 is 10.1 Å². The van der Waals surface area contributed by atoms with Crippen molar-refractivity contribution in [1.29, 1.82) is 0 Å². The van der Waals surface area contributed by atoms with Crippen LogP contribution in [0.15, 0.2) is 21.6 Å². The van der Waals surface area contributed by atoms with E-state index in [1.807, 2.05) is 13.8 Å². The van der Waals surface area contributed by atoms with Crippen LogP contribution in [0.25, 0.3) is 0 Å². The Hall–Kier alpha value is -0.700. The summed E-state index contributed by atoms with van der Waals surface area (Å²) in [5.41, 5.74) is 0. The summed E-state index contributed by atoms with van der Waals surface area (Å²) in [4.78, 5) is 4.29. The Labute approximate surface area is 134 Å². The predicted molar refractivity (Wildman–Crippen MR) is 87.0 cm³/mol. The first-order valence-corrected chi connectivity index (χ1v) is 9.25. The summed E-state index contributed by atoms with van der Waals surface area (Å²) in [5.74, 6) is 0.373. The van der Waals surface area contributed by atoms with Crippen LogP contribution in [-0.4, -0.2) is 39.7 Å². The van der Waals surface area contributed by atoms with E-state index in [4.69, 9.17) is 4.74 Å². The normalized spacial score (nSPS) is 11.6. The Kier molecular flexibility index (Phi) is 8.16. The van der Waals surface area contributed by atoms with Crippen LogP contribution in [0.3, 0.4) is 0 Å². The van der Waals surface area contributed by atoms with Gasteiger partial charge in [-0.1, -0.05) is 6.92 Å². The van der Waals surface area contributed by atoms with E-state index < -0.39 is 10.0 Å². The Morgan fingerprint density at radius 2 is 2.10 bits per heavy atom. The fraction of sp³-hybridized carbons (Fsp3) is 0.615. The van der Waals surface area contributed by atoms with Crippen LogP contribution in [-0.2, 0) is 14.8 Å². The first-order valence-electron chi connectivity index (χ1n) is 6.98. The van der Waals surface area contributed by atoms with E-state index in [0.29, 0.717) is 43.0 Å². The lowest BCUT2D eigenvalue weighted by Crippen LogP contribution is -2.27. The van der Waals surface area contributed by atoms with Gasteiger partial charge in [-0.2, -0.15) is 0 Å². The van der Waals surface area contributed by atoms with Gasteiger partial charge in [-0.05, 0) is 41.8 Å². The van der Waals surface area contributed by atoms with Crippen molar-refractivity contribution in [1.82, 2.24) is 9.71 Å². The van der Waals surface area contributed by atoms with Crippen LogP contribution < -0.4 is 10.0 Å². The molecular formula is C13H22BrN3O3S. The lowest BCUT2D eigenvalue weighted by molar-refractivity contribution is 0.146. The smallest absolute Gasteiger partial charge is 0.244 e. The van der Waals surface area contributed by atoms with Gasteiger partial charge in [0, 0.05) is 37.0 Å². The van der Waals surface area contributed by atoms with Crippen molar-refractivity contribution in [2.45, 2.75) is 31.6 Å². The molecule has 1 heterocycles. The Bertz CT molecular complexity index is 537. The molecule has 0 saturated carbocycles. The van der Waals surface area contributed by atoms with Crippen LogP contribution in [0.2, 0.25) is 0 Å². The van der Waals surface area contributed by atoms with Crippen LogP contribution in [0, 0.1) is 0 Å². The second-order valence-corrected chi connectivity index (χ2v) is 7.03. The van der Waals surface area contributed by atoms with E-state index in [0.717, 1.165) is 6.42 Å². The Morgan fingerprint density at radius 3 is 2.76 bits per heavy atom. The van der Waals surface area contributed by atoms with Crippen molar-refractivity contribution in [3.05, 3.63) is 16.7 Å². The standard InChI is InChI=1S/C13H22BrN3O3S/c1-3-6-15-13-12(9-11(14)10-16-13)21(18,19)17-7-5-8-20-4-2/h9-10,17H,3-8H2,1-2H3,(H,15,16). The van der Waals surface area contributed by atoms with Crippen LogP contribution in [0.4, 0.5) is 5.82 Å². The third-order valence-electron chi connectivity index (χ3n) is 2.61. The quantitative estimate of drug-likeness (QED) is 0.610. The SMILES string of the molecule is CCCNc1ncc(Br)cc1S(=O)(=O)NCCCOCC. The number of hydrogen-bond acceptors (Lipinski definition) is 5. The summed E-state index contributed by atoms with van der Waals surface area (Å²) in [6.45, 7) is 6.09. The lowest BCUT2D eigenvalue weighted by Gasteiger charge is -2.12. The minimum absolute atomic E-state index is 0.154. The van der Waals surface area contributed by atoms with Gasteiger partial charge in [0.15, 0.2) is 0 Å².